The zero-order chi connectivity index (χ0) is 13.0. The summed E-state index contributed by atoms with van der Waals surface area (Å²) >= 11 is 0. The summed E-state index contributed by atoms with van der Waals surface area (Å²) in [5.41, 5.74) is 0. The molecule has 2 amide bonds. The number of carbonyl (C=O) groups is 2. The number of hydrogen-bond acceptors (Lipinski definition) is 3. The van der Waals surface area contributed by atoms with Crippen LogP contribution < -0.4 is 0 Å². The van der Waals surface area contributed by atoms with Crippen LogP contribution in [0.15, 0.2) is 0 Å². The van der Waals surface area contributed by atoms with Gasteiger partial charge in [-0.3, -0.25) is 13.8 Å². The van der Waals surface area contributed by atoms with Crippen LogP contribution in [0.5, 0.6) is 0 Å². The minimum Gasteiger partial charge on any atom is -0.351 e. The third kappa shape index (κ3) is 62.1. The van der Waals surface area contributed by atoms with Crippen molar-refractivity contribution >= 4 is 23.1 Å². The topological polar surface area (TPSA) is 57.7 Å². The van der Waals surface area contributed by atoms with Crippen molar-refractivity contribution in [1.29, 1.82) is 0 Å². The van der Waals surface area contributed by atoms with E-state index in [9.17, 15) is 13.8 Å². The van der Waals surface area contributed by atoms with E-state index in [4.69, 9.17) is 0 Å². The zero-order valence-electron chi connectivity index (χ0n) is 10.6. The van der Waals surface area contributed by atoms with E-state index < -0.39 is 10.8 Å². The van der Waals surface area contributed by atoms with Crippen LogP contribution in [0.25, 0.3) is 0 Å². The third-order valence-electron chi connectivity index (χ3n) is 0.841. The zero-order valence-corrected chi connectivity index (χ0v) is 11.4. The normalized spacial score (nSPS) is 7.73. The number of nitrogens with zero attached hydrogens (tertiary/aromatic N) is 2. The summed E-state index contributed by atoms with van der Waals surface area (Å²) in [5, 5.41) is 0. The van der Waals surface area contributed by atoms with Crippen LogP contribution >= 0.6 is 0 Å². The first-order valence-electron chi connectivity index (χ1n) is 4.19. The molecule has 0 aliphatic carbocycles. The Kier molecular flexibility index (Phi) is 17.1. The Balaban J connectivity index is -0.000000147. The summed E-state index contributed by atoms with van der Waals surface area (Å²) in [4.78, 5) is 22.5. The number of hydrogen-bond donors (Lipinski definition) is 0. The molecule has 0 aliphatic rings. The lowest BCUT2D eigenvalue weighted by Crippen LogP contribution is -2.17. The predicted octanol–water partition coefficient (Wildman–Crippen LogP) is -0.206. The minimum absolute atomic E-state index is 0.0926. The van der Waals surface area contributed by atoms with Gasteiger partial charge in [0.15, 0.2) is 0 Å². The molecule has 0 aromatic rings. The molecule has 0 radical (unpaired) electrons. The molecular weight excluding hydrogens is 216 g/mol. The molecule has 0 fully saturated rings. The summed E-state index contributed by atoms with van der Waals surface area (Å²) in [5.74, 6) is 0.0926. The molecule has 0 bridgehead atoms. The second-order valence-electron chi connectivity index (χ2n) is 3.22. The quantitative estimate of drug-likeness (QED) is 0.594. The highest BCUT2D eigenvalue weighted by Gasteiger charge is 1.87. The molecule has 5 nitrogen and oxygen atoms in total. The minimum atomic E-state index is -0.611. The molecule has 15 heavy (non-hydrogen) atoms. The third-order valence-corrected chi connectivity index (χ3v) is 0.841. The Morgan fingerprint density at radius 2 is 1.27 bits per heavy atom. The van der Waals surface area contributed by atoms with Gasteiger partial charge in [0.25, 0.3) is 0 Å². The van der Waals surface area contributed by atoms with Crippen molar-refractivity contribution in [3.63, 3.8) is 0 Å². The van der Waals surface area contributed by atoms with Crippen molar-refractivity contribution in [3.8, 4) is 0 Å². The number of rotatable bonds is 1. The fourth-order valence-electron chi connectivity index (χ4n) is 0. The van der Waals surface area contributed by atoms with Gasteiger partial charge in [0.1, 0.15) is 0 Å². The van der Waals surface area contributed by atoms with Crippen LogP contribution in [0, 0.1) is 0 Å². The van der Waals surface area contributed by atoms with Crippen LogP contribution in [-0.4, -0.2) is 67.0 Å². The molecule has 0 aromatic carbocycles. The average Bonchev–Trinajstić information content (AvgIpc) is 2.04. The van der Waals surface area contributed by atoms with E-state index in [-0.39, 0.29) is 5.91 Å². The van der Waals surface area contributed by atoms with Gasteiger partial charge in [0.2, 0.25) is 12.3 Å². The van der Waals surface area contributed by atoms with Gasteiger partial charge < -0.3 is 9.80 Å². The van der Waals surface area contributed by atoms with Gasteiger partial charge >= 0.3 is 0 Å². The lowest BCUT2D eigenvalue weighted by molar-refractivity contribution is -0.126. The van der Waals surface area contributed by atoms with Crippen LogP contribution in [0.4, 0.5) is 0 Å². The van der Waals surface area contributed by atoms with Crippen LogP contribution in [0.3, 0.4) is 0 Å². The number of amides is 2. The number of carbonyl (C=O) groups excluding carboxylic acids is 2. The molecule has 92 valence electrons. The largest absolute Gasteiger partial charge is 0.351 e. The predicted molar refractivity (Wildman–Crippen MR) is 64.1 cm³/mol. The molecule has 0 unspecified atom stereocenters. The van der Waals surface area contributed by atoms with Gasteiger partial charge in [-0.25, -0.2) is 0 Å². The Morgan fingerprint density at radius 3 is 1.27 bits per heavy atom. The molecule has 0 heterocycles. The van der Waals surface area contributed by atoms with Crippen molar-refractivity contribution in [3.05, 3.63) is 0 Å². The van der Waals surface area contributed by atoms with Crippen molar-refractivity contribution < 1.29 is 13.8 Å². The molecule has 0 aromatic heterocycles. The van der Waals surface area contributed by atoms with E-state index >= 15 is 0 Å². The molecule has 0 saturated heterocycles. The molecule has 0 aliphatic heterocycles. The van der Waals surface area contributed by atoms with Crippen LogP contribution in [0.1, 0.15) is 6.92 Å². The molecule has 0 saturated carbocycles. The highest BCUT2D eigenvalue weighted by Crippen LogP contribution is 1.69. The summed E-state index contributed by atoms with van der Waals surface area (Å²) in [6.45, 7) is 1.53. The van der Waals surface area contributed by atoms with E-state index in [1.54, 1.807) is 40.7 Å². The van der Waals surface area contributed by atoms with E-state index in [2.05, 4.69) is 0 Å². The maximum atomic E-state index is 10.1. The average molecular weight is 238 g/mol. The van der Waals surface area contributed by atoms with Crippen LogP contribution in [0.2, 0.25) is 0 Å². The highest BCUT2D eigenvalue weighted by molar-refractivity contribution is 7.83. The fraction of sp³-hybridized carbons (Fsp3) is 0.778. The van der Waals surface area contributed by atoms with E-state index in [1.807, 2.05) is 0 Å². The van der Waals surface area contributed by atoms with Gasteiger partial charge in [-0.05, 0) is 0 Å². The molecule has 0 atom stereocenters. The Labute approximate surface area is 94.9 Å². The molecule has 0 spiro atoms. The SMILES string of the molecule is CC(=O)N(C)C.CN(C)C=O.CS(C)=O. The van der Waals surface area contributed by atoms with Gasteiger partial charge in [-0.15, -0.1) is 0 Å². The van der Waals surface area contributed by atoms with Gasteiger partial charge in [-0.2, -0.15) is 0 Å². The van der Waals surface area contributed by atoms with Crippen molar-refractivity contribution in [2.45, 2.75) is 6.92 Å². The second-order valence-corrected chi connectivity index (χ2v) is 4.71. The maximum Gasteiger partial charge on any atom is 0.218 e. The van der Waals surface area contributed by atoms with Crippen molar-refractivity contribution in [2.75, 3.05) is 40.7 Å². The maximum absolute atomic E-state index is 10.1. The Morgan fingerprint density at radius 1 is 1.13 bits per heavy atom. The van der Waals surface area contributed by atoms with E-state index in [0.29, 0.717) is 0 Å². The molecular formula is C9H22N2O3S. The molecule has 0 N–H and O–H groups in total. The highest BCUT2D eigenvalue weighted by atomic mass is 32.2. The van der Waals surface area contributed by atoms with E-state index in [1.165, 1.54) is 16.7 Å². The molecule has 0 rings (SSSR count). The van der Waals surface area contributed by atoms with Gasteiger partial charge in [-0.1, -0.05) is 0 Å². The van der Waals surface area contributed by atoms with Crippen molar-refractivity contribution in [1.82, 2.24) is 9.80 Å². The van der Waals surface area contributed by atoms with Gasteiger partial charge in [0.05, 0.1) is 0 Å². The summed E-state index contributed by atoms with van der Waals surface area (Å²) in [6.07, 6.45) is 4.03. The Bertz CT molecular complexity index is 190. The lowest BCUT2D eigenvalue weighted by Gasteiger charge is -2.02. The smallest absolute Gasteiger partial charge is 0.218 e. The summed E-state index contributed by atoms with van der Waals surface area (Å²) in [6, 6.07) is 0. The van der Waals surface area contributed by atoms with Gasteiger partial charge in [0, 0.05) is 58.4 Å². The Hall–Kier alpha value is -0.910. The van der Waals surface area contributed by atoms with Crippen LogP contribution in [-0.2, 0) is 20.4 Å². The standard InChI is InChI=1S/C4H9NO.C3H7NO.C2H6OS/c1-4(6)5(2)3;1-4(2)3-5;1-4(2)3/h1-3H3;3H,1-2H3;1-2H3. The first-order chi connectivity index (χ1) is 6.64. The molecule has 6 heteroatoms. The second kappa shape index (κ2) is 13.1. The fourth-order valence-corrected chi connectivity index (χ4v) is 0. The first-order valence-corrected chi connectivity index (χ1v) is 6.16. The summed E-state index contributed by atoms with van der Waals surface area (Å²) in [7, 11) is 6.21. The summed E-state index contributed by atoms with van der Waals surface area (Å²) < 4.78 is 9.56. The van der Waals surface area contributed by atoms with E-state index in [0.717, 1.165) is 6.41 Å². The lowest BCUT2D eigenvalue weighted by atomic mass is 10.7. The van der Waals surface area contributed by atoms with Crippen molar-refractivity contribution in [2.24, 2.45) is 0 Å². The first kappa shape index (κ1) is 19.6. The monoisotopic (exact) mass is 238 g/mol.